The maximum absolute atomic E-state index is 5.47. The van der Waals surface area contributed by atoms with Gasteiger partial charge in [-0.25, -0.2) is 0 Å². The lowest BCUT2D eigenvalue weighted by molar-refractivity contribution is 0.401. The lowest BCUT2D eigenvalue weighted by atomic mass is 9.97. The van der Waals surface area contributed by atoms with Gasteiger partial charge in [-0.2, -0.15) is 5.10 Å². The van der Waals surface area contributed by atoms with Crippen molar-refractivity contribution in [2.24, 2.45) is 7.05 Å². The van der Waals surface area contributed by atoms with E-state index in [0.717, 1.165) is 17.9 Å². The summed E-state index contributed by atoms with van der Waals surface area (Å²) in [5.74, 6) is 0.922. The van der Waals surface area contributed by atoms with E-state index in [1.807, 2.05) is 37.0 Å². The summed E-state index contributed by atoms with van der Waals surface area (Å²) < 4.78 is 7.41. The van der Waals surface area contributed by atoms with Crippen LogP contribution in [0.25, 0.3) is 0 Å². The van der Waals surface area contributed by atoms with Gasteiger partial charge in [0.25, 0.3) is 0 Å². The summed E-state index contributed by atoms with van der Waals surface area (Å²) >= 11 is 0. The highest BCUT2D eigenvalue weighted by molar-refractivity contribution is 5.38. The minimum atomic E-state index is 0.216. The molecule has 0 spiro atoms. The van der Waals surface area contributed by atoms with E-state index >= 15 is 0 Å². The van der Waals surface area contributed by atoms with Gasteiger partial charge in [0.05, 0.1) is 12.8 Å². The molecular formula is C16H23N3O. The lowest BCUT2D eigenvalue weighted by Crippen LogP contribution is -2.20. The Morgan fingerprint density at radius 3 is 2.55 bits per heavy atom. The number of rotatable bonds is 5. The van der Waals surface area contributed by atoms with Crippen molar-refractivity contribution in [3.8, 4) is 5.75 Å². The van der Waals surface area contributed by atoms with Gasteiger partial charge < -0.3 is 10.1 Å². The molecular weight excluding hydrogens is 250 g/mol. The fourth-order valence-electron chi connectivity index (χ4n) is 2.64. The molecule has 1 aromatic heterocycles. The van der Waals surface area contributed by atoms with E-state index in [4.69, 9.17) is 4.74 Å². The van der Waals surface area contributed by atoms with Crippen LogP contribution in [0, 0.1) is 13.8 Å². The zero-order valence-electron chi connectivity index (χ0n) is 12.9. The monoisotopic (exact) mass is 273 g/mol. The van der Waals surface area contributed by atoms with E-state index < -0.39 is 0 Å². The Morgan fingerprint density at radius 2 is 2.00 bits per heavy atom. The molecule has 0 saturated heterocycles. The summed E-state index contributed by atoms with van der Waals surface area (Å²) in [6.07, 6.45) is 0.905. The van der Waals surface area contributed by atoms with Crippen molar-refractivity contribution >= 4 is 0 Å². The Balaban J connectivity index is 2.34. The number of ether oxygens (including phenoxy) is 1. The minimum Gasteiger partial charge on any atom is -0.496 e. The first-order valence-electron chi connectivity index (χ1n) is 6.87. The first-order valence-corrected chi connectivity index (χ1v) is 6.87. The third-order valence-electron chi connectivity index (χ3n) is 3.93. The largest absolute Gasteiger partial charge is 0.496 e. The van der Waals surface area contributed by atoms with Crippen molar-refractivity contribution in [3.05, 3.63) is 46.8 Å². The van der Waals surface area contributed by atoms with Crippen molar-refractivity contribution in [1.82, 2.24) is 15.1 Å². The average Bonchev–Trinajstić information content (AvgIpc) is 2.70. The van der Waals surface area contributed by atoms with E-state index in [9.17, 15) is 0 Å². The molecule has 0 aliphatic heterocycles. The van der Waals surface area contributed by atoms with Gasteiger partial charge in [0, 0.05) is 24.3 Å². The van der Waals surface area contributed by atoms with Crippen molar-refractivity contribution in [2.45, 2.75) is 26.3 Å². The Hall–Kier alpha value is -1.81. The zero-order chi connectivity index (χ0) is 14.7. The van der Waals surface area contributed by atoms with E-state index in [1.165, 1.54) is 16.8 Å². The first-order chi connectivity index (χ1) is 9.58. The predicted octanol–water partition coefficient (Wildman–Crippen LogP) is 2.55. The first kappa shape index (κ1) is 14.6. The van der Waals surface area contributed by atoms with Crippen LogP contribution in [0.5, 0.6) is 5.75 Å². The summed E-state index contributed by atoms with van der Waals surface area (Å²) in [6, 6.07) is 8.37. The van der Waals surface area contributed by atoms with Crippen LogP contribution in [0.4, 0.5) is 0 Å². The van der Waals surface area contributed by atoms with Crippen molar-refractivity contribution in [3.63, 3.8) is 0 Å². The molecule has 0 radical (unpaired) electrons. The predicted molar refractivity (Wildman–Crippen MR) is 81.2 cm³/mol. The third-order valence-corrected chi connectivity index (χ3v) is 3.93. The number of methoxy groups -OCH3 is 1. The van der Waals surface area contributed by atoms with Crippen molar-refractivity contribution < 1.29 is 4.74 Å². The lowest BCUT2D eigenvalue weighted by Gasteiger charge is -2.19. The molecule has 4 nitrogen and oxygen atoms in total. The zero-order valence-corrected chi connectivity index (χ0v) is 12.9. The van der Waals surface area contributed by atoms with E-state index in [0.29, 0.717) is 0 Å². The summed E-state index contributed by atoms with van der Waals surface area (Å²) in [5.41, 5.74) is 4.80. The molecule has 0 fully saturated rings. The van der Waals surface area contributed by atoms with E-state index in [-0.39, 0.29) is 6.04 Å². The second-order valence-corrected chi connectivity index (χ2v) is 5.06. The number of nitrogens with zero attached hydrogens (tertiary/aromatic N) is 2. The number of aromatic nitrogens is 2. The number of hydrogen-bond acceptors (Lipinski definition) is 3. The minimum absolute atomic E-state index is 0.216. The van der Waals surface area contributed by atoms with Crippen LogP contribution in [0.3, 0.4) is 0 Å². The molecule has 2 rings (SSSR count). The summed E-state index contributed by atoms with van der Waals surface area (Å²) in [7, 11) is 5.69. The highest BCUT2D eigenvalue weighted by atomic mass is 16.5. The van der Waals surface area contributed by atoms with Gasteiger partial charge in [-0.05, 0) is 38.9 Å². The molecule has 20 heavy (non-hydrogen) atoms. The number of benzene rings is 1. The molecule has 108 valence electrons. The van der Waals surface area contributed by atoms with Gasteiger partial charge in [0.1, 0.15) is 5.75 Å². The number of para-hydroxylation sites is 1. The number of aryl methyl sites for hydroxylation is 2. The summed E-state index contributed by atoms with van der Waals surface area (Å²) in [4.78, 5) is 0. The van der Waals surface area contributed by atoms with Crippen LogP contribution in [0.1, 0.15) is 28.6 Å². The van der Waals surface area contributed by atoms with Crippen LogP contribution in [-0.4, -0.2) is 23.9 Å². The van der Waals surface area contributed by atoms with Gasteiger partial charge in [0.15, 0.2) is 0 Å². The summed E-state index contributed by atoms with van der Waals surface area (Å²) in [5, 5.41) is 7.88. The van der Waals surface area contributed by atoms with Crippen molar-refractivity contribution in [2.75, 3.05) is 14.2 Å². The van der Waals surface area contributed by atoms with Crippen LogP contribution in [0.15, 0.2) is 24.3 Å². The van der Waals surface area contributed by atoms with Crippen molar-refractivity contribution in [1.29, 1.82) is 0 Å². The average molecular weight is 273 g/mol. The number of likely N-dealkylation sites (N-methyl/N-ethyl adjacent to an activating group) is 1. The smallest absolute Gasteiger partial charge is 0.123 e. The normalized spacial score (nSPS) is 12.4. The van der Waals surface area contributed by atoms with Crippen LogP contribution >= 0.6 is 0 Å². The molecule has 0 bridgehead atoms. The maximum Gasteiger partial charge on any atom is 0.123 e. The van der Waals surface area contributed by atoms with Crippen LogP contribution in [-0.2, 0) is 13.5 Å². The Kier molecular flexibility index (Phi) is 4.45. The second-order valence-electron chi connectivity index (χ2n) is 5.06. The Bertz CT molecular complexity index is 589. The Labute approximate surface area is 120 Å². The van der Waals surface area contributed by atoms with E-state index in [1.54, 1.807) is 7.11 Å². The SMILES string of the molecule is CNC(Cc1c(C)nn(C)c1C)c1ccccc1OC. The van der Waals surface area contributed by atoms with Crippen LogP contribution < -0.4 is 10.1 Å². The third kappa shape index (κ3) is 2.70. The molecule has 4 heteroatoms. The Morgan fingerprint density at radius 1 is 1.30 bits per heavy atom. The molecule has 0 saturated carbocycles. The van der Waals surface area contributed by atoms with Crippen LogP contribution in [0.2, 0.25) is 0 Å². The standard InChI is InChI=1S/C16H23N3O/c1-11-14(12(2)19(4)18-11)10-15(17-3)13-8-6-7-9-16(13)20-5/h6-9,15,17H,10H2,1-5H3. The molecule has 1 aromatic carbocycles. The van der Waals surface area contributed by atoms with Gasteiger partial charge in [-0.3, -0.25) is 4.68 Å². The fourth-order valence-corrected chi connectivity index (χ4v) is 2.64. The molecule has 1 N–H and O–H groups in total. The highest BCUT2D eigenvalue weighted by Gasteiger charge is 2.18. The van der Waals surface area contributed by atoms with Gasteiger partial charge in [-0.1, -0.05) is 18.2 Å². The topological polar surface area (TPSA) is 39.1 Å². The van der Waals surface area contributed by atoms with E-state index in [2.05, 4.69) is 30.3 Å². The fraction of sp³-hybridized carbons (Fsp3) is 0.438. The summed E-state index contributed by atoms with van der Waals surface area (Å²) in [6.45, 7) is 4.18. The molecule has 1 unspecified atom stereocenters. The quantitative estimate of drug-likeness (QED) is 0.910. The molecule has 1 heterocycles. The molecule has 0 aliphatic carbocycles. The van der Waals surface area contributed by atoms with Gasteiger partial charge >= 0.3 is 0 Å². The second kappa shape index (κ2) is 6.09. The molecule has 0 aliphatic rings. The molecule has 0 amide bonds. The molecule has 1 atom stereocenters. The van der Waals surface area contributed by atoms with Gasteiger partial charge in [-0.15, -0.1) is 0 Å². The number of hydrogen-bond donors (Lipinski definition) is 1. The molecule has 2 aromatic rings. The number of nitrogens with one attached hydrogen (secondary N) is 1. The van der Waals surface area contributed by atoms with Gasteiger partial charge in [0.2, 0.25) is 0 Å². The highest BCUT2D eigenvalue weighted by Crippen LogP contribution is 2.28. The maximum atomic E-state index is 5.47.